The summed E-state index contributed by atoms with van der Waals surface area (Å²) >= 11 is 0. The van der Waals surface area contributed by atoms with Crippen molar-refractivity contribution in [2.45, 2.75) is 57.4 Å². The third-order valence-electron chi connectivity index (χ3n) is 16.8. The molecule has 15 rings (SSSR count). The Morgan fingerprint density at radius 1 is 0.449 bits per heavy atom. The second-order valence-electron chi connectivity index (χ2n) is 20.4. The number of rotatable bonds is 4. The van der Waals surface area contributed by atoms with E-state index in [-0.39, 0.29) is 17.7 Å². The molecule has 0 radical (unpaired) electrons. The van der Waals surface area contributed by atoms with Gasteiger partial charge >= 0.3 is 0 Å². The van der Waals surface area contributed by atoms with E-state index in [9.17, 15) is 0 Å². The third kappa shape index (κ3) is 5.26. The van der Waals surface area contributed by atoms with E-state index < -0.39 is 0 Å². The van der Waals surface area contributed by atoms with Crippen molar-refractivity contribution in [3.05, 3.63) is 199 Å². The SMILES string of the molecule is Cc1cc2c3c(c1)N(c1cccc4oc5ccccc5c14)c1ccc(-c4ccccc4)cc1B3c1ccc(N3c4ccccc4C4(C)CCCCC34C)cc1N2c1ccc2c(c1)oc1ccccc12. The molecular formula is C63H48BN3O2. The summed E-state index contributed by atoms with van der Waals surface area (Å²) in [5.41, 5.74) is 21.9. The minimum absolute atomic E-state index is 0.0329. The van der Waals surface area contributed by atoms with Gasteiger partial charge in [-0.05, 0) is 138 Å². The fourth-order valence-electron chi connectivity index (χ4n) is 13.5. The highest BCUT2D eigenvalue weighted by Gasteiger charge is 2.58. The molecule has 2 aromatic heterocycles. The summed E-state index contributed by atoms with van der Waals surface area (Å²) in [5.74, 6) is 0. The second kappa shape index (κ2) is 14.1. The van der Waals surface area contributed by atoms with Crippen molar-refractivity contribution in [3.63, 3.8) is 0 Å². The van der Waals surface area contributed by atoms with Crippen molar-refractivity contribution < 1.29 is 8.83 Å². The summed E-state index contributed by atoms with van der Waals surface area (Å²) in [6.07, 6.45) is 4.80. The largest absolute Gasteiger partial charge is 0.456 e. The summed E-state index contributed by atoms with van der Waals surface area (Å²) in [4.78, 5) is 7.80. The molecule has 6 heteroatoms. The van der Waals surface area contributed by atoms with Gasteiger partial charge in [-0.2, -0.15) is 0 Å². The van der Waals surface area contributed by atoms with Gasteiger partial charge in [0.25, 0.3) is 6.71 Å². The maximum atomic E-state index is 6.68. The van der Waals surface area contributed by atoms with E-state index in [2.05, 4.69) is 224 Å². The van der Waals surface area contributed by atoms with Crippen LogP contribution in [0.25, 0.3) is 55.0 Å². The molecule has 1 saturated carbocycles. The van der Waals surface area contributed by atoms with Gasteiger partial charge < -0.3 is 23.5 Å². The average molecular weight is 890 g/mol. The van der Waals surface area contributed by atoms with E-state index in [4.69, 9.17) is 8.83 Å². The molecule has 330 valence electrons. The second-order valence-corrected chi connectivity index (χ2v) is 20.4. The van der Waals surface area contributed by atoms with E-state index in [1.807, 2.05) is 0 Å². The predicted molar refractivity (Wildman–Crippen MR) is 288 cm³/mol. The summed E-state index contributed by atoms with van der Waals surface area (Å²) in [6, 6.07) is 69.7. The van der Waals surface area contributed by atoms with E-state index in [0.717, 1.165) is 61.7 Å². The van der Waals surface area contributed by atoms with Crippen LogP contribution >= 0.6 is 0 Å². The predicted octanol–water partition coefficient (Wildman–Crippen LogP) is 15.3. The quantitative estimate of drug-likeness (QED) is 0.165. The molecule has 2 atom stereocenters. The molecule has 5 heterocycles. The first-order valence-electron chi connectivity index (χ1n) is 24.7. The van der Waals surface area contributed by atoms with E-state index in [1.54, 1.807) is 0 Å². The van der Waals surface area contributed by atoms with E-state index >= 15 is 0 Å². The molecule has 1 fully saturated rings. The first kappa shape index (κ1) is 39.1. The molecule has 0 spiro atoms. The normalized spacial score (nSPS) is 19.0. The van der Waals surface area contributed by atoms with E-state index in [1.165, 1.54) is 92.0 Å². The highest BCUT2D eigenvalue weighted by Crippen LogP contribution is 2.61. The Kier molecular flexibility index (Phi) is 7.96. The van der Waals surface area contributed by atoms with Crippen LogP contribution in [0.1, 0.15) is 50.7 Å². The Hall–Kier alpha value is -7.96. The molecule has 5 nitrogen and oxygen atoms in total. The van der Waals surface area contributed by atoms with Crippen LogP contribution in [-0.2, 0) is 5.41 Å². The molecule has 0 bridgehead atoms. The molecule has 0 N–H and O–H groups in total. The van der Waals surface area contributed by atoms with Crippen LogP contribution in [0.4, 0.5) is 45.5 Å². The van der Waals surface area contributed by atoms with Gasteiger partial charge in [0.15, 0.2) is 0 Å². The van der Waals surface area contributed by atoms with Crippen LogP contribution in [0, 0.1) is 6.92 Å². The maximum Gasteiger partial charge on any atom is 0.252 e. The minimum Gasteiger partial charge on any atom is -0.456 e. The Labute approximate surface area is 401 Å². The summed E-state index contributed by atoms with van der Waals surface area (Å²) in [5, 5.41) is 4.48. The number of aryl methyl sites for hydroxylation is 1. The van der Waals surface area contributed by atoms with Crippen molar-refractivity contribution in [1.29, 1.82) is 0 Å². The van der Waals surface area contributed by atoms with Crippen LogP contribution in [0.5, 0.6) is 0 Å². The Bertz CT molecular complexity index is 3960. The van der Waals surface area contributed by atoms with Gasteiger partial charge in [-0.3, -0.25) is 0 Å². The van der Waals surface area contributed by atoms with Crippen LogP contribution in [0.15, 0.2) is 197 Å². The smallest absolute Gasteiger partial charge is 0.252 e. The van der Waals surface area contributed by atoms with Gasteiger partial charge in [0.05, 0.1) is 16.6 Å². The number of hydrogen-bond donors (Lipinski definition) is 0. The molecule has 3 aliphatic heterocycles. The zero-order chi connectivity index (χ0) is 45.8. The molecular weight excluding hydrogens is 842 g/mol. The third-order valence-corrected chi connectivity index (χ3v) is 16.8. The zero-order valence-electron chi connectivity index (χ0n) is 39.0. The molecule has 69 heavy (non-hydrogen) atoms. The van der Waals surface area contributed by atoms with Gasteiger partial charge in [0, 0.05) is 67.5 Å². The van der Waals surface area contributed by atoms with Crippen molar-refractivity contribution in [2.24, 2.45) is 0 Å². The van der Waals surface area contributed by atoms with Gasteiger partial charge in [-0.15, -0.1) is 0 Å². The van der Waals surface area contributed by atoms with Crippen LogP contribution in [-0.4, -0.2) is 12.3 Å². The number of fused-ring (bicyclic) bond motifs is 13. The lowest BCUT2D eigenvalue weighted by Gasteiger charge is -2.50. The lowest BCUT2D eigenvalue weighted by Crippen LogP contribution is -2.61. The van der Waals surface area contributed by atoms with Crippen LogP contribution in [0.2, 0.25) is 0 Å². The first-order chi connectivity index (χ1) is 33.9. The van der Waals surface area contributed by atoms with Gasteiger partial charge in [-0.25, -0.2) is 0 Å². The highest BCUT2D eigenvalue weighted by molar-refractivity contribution is 7.00. The highest BCUT2D eigenvalue weighted by atomic mass is 16.3. The molecule has 4 aliphatic rings. The van der Waals surface area contributed by atoms with Gasteiger partial charge in [0.1, 0.15) is 22.3 Å². The van der Waals surface area contributed by atoms with Crippen LogP contribution < -0.4 is 31.1 Å². The summed E-state index contributed by atoms with van der Waals surface area (Å²) in [7, 11) is 0. The fraction of sp³-hybridized carbons (Fsp3) is 0.143. The standard InChI is InChI=1S/C63H48BN3O2/c1-39-34-54-61-55(35-39)66(52-22-15-25-58-60(52)46-19-8-12-24-57(46)68-58)51-31-26-41(40-16-5-4-6-17-40)36-49(51)64(61)48-30-28-43(67-50-21-10-9-20-47(50)62(2)32-13-14-33-63(62,67)3)37-53(48)65(54)42-27-29-45-44-18-7-11-23-56(44)69-59(45)38-42/h4-12,15-31,34-38H,13-14,32-33H2,1-3H3. The molecule has 1 aliphatic carbocycles. The Morgan fingerprint density at radius 3 is 2.00 bits per heavy atom. The monoisotopic (exact) mass is 889 g/mol. The number of anilines is 8. The van der Waals surface area contributed by atoms with Gasteiger partial charge in [0.2, 0.25) is 0 Å². The molecule has 0 saturated heterocycles. The minimum atomic E-state index is -0.0850. The molecule has 9 aromatic carbocycles. The molecule has 2 unspecified atom stereocenters. The lowest BCUT2D eigenvalue weighted by atomic mass is 9.33. The maximum absolute atomic E-state index is 6.68. The van der Waals surface area contributed by atoms with Crippen LogP contribution in [0.3, 0.4) is 0 Å². The van der Waals surface area contributed by atoms with Gasteiger partial charge in [-0.1, -0.05) is 129 Å². The number of hydrogen-bond acceptors (Lipinski definition) is 5. The van der Waals surface area contributed by atoms with Crippen molar-refractivity contribution in [1.82, 2.24) is 0 Å². The number of furan rings is 2. The Balaban J connectivity index is 1.03. The molecule has 0 amide bonds. The molecule has 11 aromatic rings. The van der Waals surface area contributed by atoms with E-state index in [0.29, 0.717) is 0 Å². The summed E-state index contributed by atoms with van der Waals surface area (Å²) < 4.78 is 13.3. The van der Waals surface area contributed by atoms with Crippen molar-refractivity contribution >= 4 is 112 Å². The van der Waals surface area contributed by atoms with Crippen molar-refractivity contribution in [2.75, 3.05) is 14.7 Å². The number of benzene rings is 9. The topological polar surface area (TPSA) is 36.0 Å². The number of nitrogens with zero attached hydrogens (tertiary/aromatic N) is 3. The zero-order valence-corrected chi connectivity index (χ0v) is 39.0. The first-order valence-corrected chi connectivity index (χ1v) is 24.7. The fourth-order valence-corrected chi connectivity index (χ4v) is 13.5. The number of para-hydroxylation sites is 3. The van der Waals surface area contributed by atoms with Crippen molar-refractivity contribution in [3.8, 4) is 11.1 Å². The average Bonchev–Trinajstić information content (AvgIpc) is 4.02. The summed E-state index contributed by atoms with van der Waals surface area (Å²) in [6.45, 7) is 7.25. The lowest BCUT2D eigenvalue weighted by molar-refractivity contribution is 0.195. The Morgan fingerprint density at radius 2 is 1.13 bits per heavy atom.